The van der Waals surface area contributed by atoms with E-state index in [1.165, 1.54) is 5.56 Å². The number of benzene rings is 2. The van der Waals surface area contributed by atoms with Crippen molar-refractivity contribution in [2.75, 3.05) is 14.2 Å². The van der Waals surface area contributed by atoms with Crippen molar-refractivity contribution in [3.63, 3.8) is 0 Å². The van der Waals surface area contributed by atoms with Crippen LogP contribution in [0.5, 0.6) is 11.5 Å². The molecule has 0 bridgehead atoms. The molecular formula is C17H21NO2. The zero-order chi connectivity index (χ0) is 14.4. The van der Waals surface area contributed by atoms with E-state index >= 15 is 0 Å². The molecule has 0 aliphatic rings. The van der Waals surface area contributed by atoms with E-state index in [0.29, 0.717) is 0 Å². The molecule has 2 aromatic carbocycles. The quantitative estimate of drug-likeness (QED) is 0.871. The van der Waals surface area contributed by atoms with Crippen molar-refractivity contribution in [3.8, 4) is 11.5 Å². The highest BCUT2D eigenvalue weighted by Gasteiger charge is 2.11. The van der Waals surface area contributed by atoms with Crippen molar-refractivity contribution in [2.24, 2.45) is 0 Å². The molecule has 0 aromatic heterocycles. The molecule has 20 heavy (non-hydrogen) atoms. The molecule has 1 N–H and O–H groups in total. The van der Waals surface area contributed by atoms with Crippen LogP contribution < -0.4 is 14.8 Å². The van der Waals surface area contributed by atoms with Crippen LogP contribution in [0.2, 0.25) is 0 Å². The summed E-state index contributed by atoms with van der Waals surface area (Å²) in [5.41, 5.74) is 2.26. The van der Waals surface area contributed by atoms with E-state index in [0.717, 1.165) is 23.6 Å². The van der Waals surface area contributed by atoms with E-state index in [-0.39, 0.29) is 6.10 Å². The van der Waals surface area contributed by atoms with E-state index in [2.05, 4.69) is 24.4 Å². The molecule has 3 heteroatoms. The Hall–Kier alpha value is -2.00. The van der Waals surface area contributed by atoms with Crippen molar-refractivity contribution in [1.82, 2.24) is 5.32 Å². The molecule has 1 unspecified atom stereocenters. The molecule has 2 rings (SSSR count). The molecular weight excluding hydrogens is 250 g/mol. The van der Waals surface area contributed by atoms with Crippen molar-refractivity contribution >= 4 is 0 Å². The highest BCUT2D eigenvalue weighted by Crippen LogP contribution is 2.28. The monoisotopic (exact) mass is 271 g/mol. The van der Waals surface area contributed by atoms with Gasteiger partial charge in [0.1, 0.15) is 17.6 Å². The predicted molar refractivity (Wildman–Crippen MR) is 81.2 cm³/mol. The molecule has 0 spiro atoms. The molecule has 3 nitrogen and oxygen atoms in total. The summed E-state index contributed by atoms with van der Waals surface area (Å²) < 4.78 is 11.4. The van der Waals surface area contributed by atoms with Gasteiger partial charge in [-0.05, 0) is 37.7 Å². The Balaban J connectivity index is 2.19. The van der Waals surface area contributed by atoms with E-state index in [4.69, 9.17) is 9.47 Å². The van der Waals surface area contributed by atoms with Crippen LogP contribution in [-0.4, -0.2) is 14.2 Å². The van der Waals surface area contributed by atoms with Gasteiger partial charge < -0.3 is 14.8 Å². The SMILES string of the molecule is CNCc1cc(OC)ccc1OC(C)c1ccccc1. The third kappa shape index (κ3) is 3.52. The Morgan fingerprint density at radius 3 is 2.50 bits per heavy atom. The molecule has 0 fully saturated rings. The average molecular weight is 271 g/mol. The molecule has 0 aliphatic carbocycles. The van der Waals surface area contributed by atoms with Gasteiger partial charge in [0.2, 0.25) is 0 Å². The standard InChI is InChI=1S/C17H21NO2/c1-13(14-7-5-4-6-8-14)20-17-10-9-16(19-3)11-15(17)12-18-2/h4-11,13,18H,12H2,1-3H3. The first-order valence-electron chi connectivity index (χ1n) is 6.77. The van der Waals surface area contributed by atoms with Gasteiger partial charge in [0.15, 0.2) is 0 Å². The van der Waals surface area contributed by atoms with E-state index in [1.54, 1.807) is 7.11 Å². The van der Waals surface area contributed by atoms with Gasteiger partial charge in [-0.15, -0.1) is 0 Å². The van der Waals surface area contributed by atoms with Gasteiger partial charge in [0.25, 0.3) is 0 Å². The number of ether oxygens (including phenoxy) is 2. The Morgan fingerprint density at radius 2 is 1.85 bits per heavy atom. The second-order valence-electron chi connectivity index (χ2n) is 4.67. The zero-order valence-electron chi connectivity index (χ0n) is 12.2. The topological polar surface area (TPSA) is 30.5 Å². The van der Waals surface area contributed by atoms with Crippen molar-refractivity contribution in [2.45, 2.75) is 19.6 Å². The molecule has 0 saturated carbocycles. The van der Waals surface area contributed by atoms with Gasteiger partial charge in [0, 0.05) is 12.1 Å². The second-order valence-corrected chi connectivity index (χ2v) is 4.67. The lowest BCUT2D eigenvalue weighted by Gasteiger charge is -2.18. The molecule has 0 radical (unpaired) electrons. The third-order valence-corrected chi connectivity index (χ3v) is 3.21. The zero-order valence-corrected chi connectivity index (χ0v) is 12.2. The second kappa shape index (κ2) is 6.96. The van der Waals surface area contributed by atoms with Crippen LogP contribution in [0, 0.1) is 0 Å². The summed E-state index contributed by atoms with van der Waals surface area (Å²) in [6.07, 6.45) is 0.0141. The summed E-state index contributed by atoms with van der Waals surface area (Å²) in [7, 11) is 3.59. The Labute approximate surface area is 120 Å². The van der Waals surface area contributed by atoms with Crippen molar-refractivity contribution in [1.29, 1.82) is 0 Å². The summed E-state index contributed by atoms with van der Waals surface area (Å²) in [6, 6.07) is 16.1. The number of hydrogen-bond donors (Lipinski definition) is 1. The maximum Gasteiger partial charge on any atom is 0.124 e. The fourth-order valence-electron chi connectivity index (χ4n) is 2.11. The van der Waals surface area contributed by atoms with Gasteiger partial charge in [-0.3, -0.25) is 0 Å². The maximum absolute atomic E-state index is 6.09. The minimum Gasteiger partial charge on any atom is -0.497 e. The first-order valence-corrected chi connectivity index (χ1v) is 6.77. The minimum absolute atomic E-state index is 0.0141. The molecule has 1 atom stereocenters. The third-order valence-electron chi connectivity index (χ3n) is 3.21. The van der Waals surface area contributed by atoms with Crippen LogP contribution in [0.25, 0.3) is 0 Å². The first kappa shape index (κ1) is 14.4. The Kier molecular flexibility index (Phi) is 5.02. The predicted octanol–water partition coefficient (Wildman–Crippen LogP) is 3.55. The minimum atomic E-state index is 0.0141. The molecule has 106 valence electrons. The lowest BCUT2D eigenvalue weighted by molar-refractivity contribution is 0.224. The van der Waals surface area contributed by atoms with Crippen molar-refractivity contribution in [3.05, 3.63) is 59.7 Å². The normalized spacial score (nSPS) is 11.9. The highest BCUT2D eigenvalue weighted by molar-refractivity contribution is 5.40. The average Bonchev–Trinajstić information content (AvgIpc) is 2.50. The summed E-state index contributed by atoms with van der Waals surface area (Å²) in [5.74, 6) is 1.73. The molecule has 0 saturated heterocycles. The molecule has 0 heterocycles. The van der Waals surface area contributed by atoms with Gasteiger partial charge >= 0.3 is 0 Å². The van der Waals surface area contributed by atoms with Crippen LogP contribution in [0.1, 0.15) is 24.2 Å². The summed E-state index contributed by atoms with van der Waals surface area (Å²) in [4.78, 5) is 0. The van der Waals surface area contributed by atoms with Gasteiger partial charge in [0.05, 0.1) is 7.11 Å². The number of hydrogen-bond acceptors (Lipinski definition) is 3. The highest BCUT2D eigenvalue weighted by atomic mass is 16.5. The van der Waals surface area contributed by atoms with E-state index in [1.807, 2.05) is 43.4 Å². The summed E-state index contributed by atoms with van der Waals surface area (Å²) in [5, 5.41) is 3.15. The number of methoxy groups -OCH3 is 1. The summed E-state index contributed by atoms with van der Waals surface area (Å²) in [6.45, 7) is 2.80. The van der Waals surface area contributed by atoms with Crippen LogP contribution in [0.3, 0.4) is 0 Å². The van der Waals surface area contributed by atoms with Gasteiger partial charge in [-0.1, -0.05) is 30.3 Å². The van der Waals surface area contributed by atoms with Crippen molar-refractivity contribution < 1.29 is 9.47 Å². The lowest BCUT2D eigenvalue weighted by Crippen LogP contribution is -2.10. The van der Waals surface area contributed by atoms with Crippen LogP contribution in [-0.2, 0) is 6.54 Å². The van der Waals surface area contributed by atoms with Crippen LogP contribution in [0.15, 0.2) is 48.5 Å². The molecule has 2 aromatic rings. The van der Waals surface area contributed by atoms with Gasteiger partial charge in [-0.2, -0.15) is 0 Å². The van der Waals surface area contributed by atoms with E-state index in [9.17, 15) is 0 Å². The fraction of sp³-hybridized carbons (Fsp3) is 0.294. The Bertz CT molecular complexity index is 540. The fourth-order valence-corrected chi connectivity index (χ4v) is 2.11. The number of nitrogens with one attached hydrogen (secondary N) is 1. The number of rotatable bonds is 6. The molecule has 0 aliphatic heterocycles. The smallest absolute Gasteiger partial charge is 0.124 e. The molecule has 0 amide bonds. The lowest BCUT2D eigenvalue weighted by atomic mass is 10.1. The van der Waals surface area contributed by atoms with Crippen LogP contribution >= 0.6 is 0 Å². The summed E-state index contributed by atoms with van der Waals surface area (Å²) >= 11 is 0. The van der Waals surface area contributed by atoms with Crippen LogP contribution in [0.4, 0.5) is 0 Å². The Morgan fingerprint density at radius 1 is 1.10 bits per heavy atom. The largest absolute Gasteiger partial charge is 0.497 e. The van der Waals surface area contributed by atoms with Gasteiger partial charge in [-0.25, -0.2) is 0 Å². The first-order chi connectivity index (χ1) is 9.74. The maximum atomic E-state index is 6.09. The van der Waals surface area contributed by atoms with E-state index < -0.39 is 0 Å².